The highest BCUT2D eigenvalue weighted by molar-refractivity contribution is 5.91. The molecule has 28 heavy (non-hydrogen) atoms. The van der Waals surface area contributed by atoms with Crippen molar-refractivity contribution in [1.82, 2.24) is 24.4 Å². The molecule has 0 unspecified atom stereocenters. The molecular formula is C18H23N5O5. The van der Waals surface area contributed by atoms with Gasteiger partial charge in [-0.15, -0.1) is 0 Å². The van der Waals surface area contributed by atoms with Crippen molar-refractivity contribution in [3.8, 4) is 0 Å². The van der Waals surface area contributed by atoms with Gasteiger partial charge >= 0.3 is 5.69 Å². The summed E-state index contributed by atoms with van der Waals surface area (Å²) in [5.74, 6) is -0.192. The summed E-state index contributed by atoms with van der Waals surface area (Å²) in [6, 6.07) is 9.56. The number of amides is 1. The Kier molecular flexibility index (Phi) is 8.53. The fourth-order valence-electron chi connectivity index (χ4n) is 2.24. The van der Waals surface area contributed by atoms with Gasteiger partial charge in [-0.3, -0.25) is 18.7 Å². The van der Waals surface area contributed by atoms with Crippen LogP contribution in [0.3, 0.4) is 0 Å². The van der Waals surface area contributed by atoms with Crippen molar-refractivity contribution in [2.45, 2.75) is 0 Å². The zero-order valence-corrected chi connectivity index (χ0v) is 15.5. The second-order valence-electron chi connectivity index (χ2n) is 5.57. The van der Waals surface area contributed by atoms with E-state index in [0.29, 0.717) is 11.2 Å². The second kappa shape index (κ2) is 10.6. The quantitative estimate of drug-likeness (QED) is 0.486. The monoisotopic (exact) mass is 389 g/mol. The minimum atomic E-state index is -0.371. The molecule has 2 aromatic heterocycles. The molecule has 0 saturated heterocycles. The number of aliphatic hydroxyl groups is 1. The lowest BCUT2D eigenvalue weighted by Gasteiger charge is -2.00. The first kappa shape index (κ1) is 22.5. The minimum Gasteiger partial charge on any atom is -0.412 e. The summed E-state index contributed by atoms with van der Waals surface area (Å²) in [5, 5.41) is 11.0. The molecule has 3 aromatic rings. The first-order valence-electron chi connectivity index (χ1n) is 8.16. The molecule has 0 saturated carbocycles. The van der Waals surface area contributed by atoms with Gasteiger partial charge in [0.05, 0.1) is 12.9 Å². The van der Waals surface area contributed by atoms with E-state index in [1.807, 2.05) is 30.3 Å². The summed E-state index contributed by atoms with van der Waals surface area (Å²) in [6.45, 7) is 0.253. The topological polar surface area (TPSA) is 154 Å². The smallest absolute Gasteiger partial charge is 0.332 e. The van der Waals surface area contributed by atoms with Crippen LogP contribution in [-0.4, -0.2) is 48.7 Å². The van der Waals surface area contributed by atoms with E-state index >= 15 is 0 Å². The number of aliphatic hydroxyl groups excluding tert-OH is 1. The Bertz CT molecular complexity index is 1050. The van der Waals surface area contributed by atoms with E-state index in [9.17, 15) is 14.4 Å². The van der Waals surface area contributed by atoms with Gasteiger partial charge in [0.2, 0.25) is 5.91 Å². The highest BCUT2D eigenvalue weighted by atomic mass is 16.3. The standard InChI is InChI=1S/C11H13NO2.C7H8N4O2.H2O/c13-9-8-12-11(14)7-6-10-4-2-1-3-5-10;1-10-5-4(8-3-9-5)6(12)11(2)7(10)13;/h1-7,13H,8-9H2,(H,12,14);3H,1-2H3,(H,8,9);1H2/b7-6+;;. The number of H-pyrrole nitrogens is 1. The van der Waals surface area contributed by atoms with Crippen molar-refractivity contribution in [3.63, 3.8) is 0 Å². The van der Waals surface area contributed by atoms with Crippen LogP contribution in [0.4, 0.5) is 0 Å². The van der Waals surface area contributed by atoms with Crippen LogP contribution in [0.1, 0.15) is 5.56 Å². The molecule has 10 nitrogen and oxygen atoms in total. The van der Waals surface area contributed by atoms with Crippen LogP contribution >= 0.6 is 0 Å². The van der Waals surface area contributed by atoms with Gasteiger partial charge in [-0.1, -0.05) is 30.3 Å². The van der Waals surface area contributed by atoms with Crippen molar-refractivity contribution in [1.29, 1.82) is 0 Å². The van der Waals surface area contributed by atoms with Crippen LogP contribution in [0, 0.1) is 0 Å². The lowest BCUT2D eigenvalue weighted by molar-refractivity contribution is -0.116. The summed E-state index contributed by atoms with van der Waals surface area (Å²) in [6.07, 6.45) is 4.57. The van der Waals surface area contributed by atoms with Crippen LogP contribution in [0.15, 0.2) is 52.3 Å². The Morgan fingerprint density at radius 3 is 2.54 bits per heavy atom. The van der Waals surface area contributed by atoms with E-state index < -0.39 is 0 Å². The molecular weight excluding hydrogens is 366 g/mol. The average molecular weight is 389 g/mol. The Morgan fingerprint density at radius 2 is 1.89 bits per heavy atom. The average Bonchev–Trinajstić information content (AvgIpc) is 3.19. The van der Waals surface area contributed by atoms with Gasteiger partial charge in [-0.2, -0.15) is 0 Å². The number of hydrogen-bond donors (Lipinski definition) is 3. The van der Waals surface area contributed by atoms with Gasteiger partial charge < -0.3 is 20.9 Å². The van der Waals surface area contributed by atoms with Gasteiger partial charge in [0.25, 0.3) is 5.56 Å². The maximum Gasteiger partial charge on any atom is 0.332 e. The molecule has 0 aliphatic heterocycles. The lowest BCUT2D eigenvalue weighted by Crippen LogP contribution is -2.36. The zero-order chi connectivity index (χ0) is 19.8. The Morgan fingerprint density at radius 1 is 1.21 bits per heavy atom. The van der Waals surface area contributed by atoms with E-state index in [-0.39, 0.29) is 35.8 Å². The number of imidazole rings is 1. The van der Waals surface area contributed by atoms with Gasteiger partial charge in [0.1, 0.15) is 5.52 Å². The van der Waals surface area contributed by atoms with E-state index in [1.165, 1.54) is 24.0 Å². The van der Waals surface area contributed by atoms with E-state index in [1.54, 1.807) is 13.1 Å². The number of carbonyl (C=O) groups is 1. The molecule has 0 radical (unpaired) electrons. The Hall–Kier alpha value is -3.50. The number of aromatic amines is 1. The number of nitrogens with zero attached hydrogens (tertiary/aromatic N) is 3. The maximum absolute atomic E-state index is 11.4. The SMILES string of the molecule is Cn1c(=O)c2[nH]cnc2n(C)c1=O.O.O=C(/C=C/c1ccccc1)NCCO. The van der Waals surface area contributed by atoms with Crippen LogP contribution in [0.2, 0.25) is 0 Å². The minimum absolute atomic E-state index is 0. The van der Waals surface area contributed by atoms with E-state index in [0.717, 1.165) is 10.1 Å². The highest BCUT2D eigenvalue weighted by Gasteiger charge is 2.08. The molecule has 10 heteroatoms. The maximum atomic E-state index is 11.4. The summed E-state index contributed by atoms with van der Waals surface area (Å²) in [5.41, 5.74) is 0.990. The first-order chi connectivity index (χ1) is 13.0. The van der Waals surface area contributed by atoms with E-state index in [2.05, 4.69) is 15.3 Å². The molecule has 0 bridgehead atoms. The van der Waals surface area contributed by atoms with Crippen LogP contribution < -0.4 is 16.6 Å². The largest absolute Gasteiger partial charge is 0.412 e. The third-order valence-corrected chi connectivity index (χ3v) is 3.67. The molecule has 1 amide bonds. The molecule has 0 aliphatic rings. The third-order valence-electron chi connectivity index (χ3n) is 3.67. The fraction of sp³-hybridized carbons (Fsp3) is 0.222. The second-order valence-corrected chi connectivity index (χ2v) is 5.57. The predicted molar refractivity (Wildman–Crippen MR) is 106 cm³/mol. The molecule has 2 heterocycles. The van der Waals surface area contributed by atoms with E-state index in [4.69, 9.17) is 5.11 Å². The number of aryl methyl sites for hydroxylation is 1. The van der Waals surface area contributed by atoms with Crippen molar-refractivity contribution in [2.75, 3.05) is 13.2 Å². The number of rotatable bonds is 4. The molecule has 3 rings (SSSR count). The van der Waals surface area contributed by atoms with Gasteiger partial charge in [0.15, 0.2) is 5.65 Å². The van der Waals surface area contributed by atoms with Gasteiger partial charge in [0, 0.05) is 26.7 Å². The summed E-state index contributed by atoms with van der Waals surface area (Å²) < 4.78 is 2.37. The highest BCUT2D eigenvalue weighted by Crippen LogP contribution is 2.00. The number of fused-ring (bicyclic) bond motifs is 1. The van der Waals surface area contributed by atoms with Crippen molar-refractivity contribution < 1.29 is 15.4 Å². The number of benzene rings is 1. The molecule has 1 aromatic carbocycles. The number of aromatic nitrogens is 4. The van der Waals surface area contributed by atoms with Crippen molar-refractivity contribution >= 4 is 23.1 Å². The number of carbonyl (C=O) groups excluding carboxylic acids is 1. The summed E-state index contributed by atoms with van der Waals surface area (Å²) in [7, 11) is 3.01. The number of nitrogens with one attached hydrogen (secondary N) is 2. The molecule has 0 atom stereocenters. The Balaban J connectivity index is 0.000000271. The lowest BCUT2D eigenvalue weighted by atomic mass is 10.2. The number of hydrogen-bond acceptors (Lipinski definition) is 5. The zero-order valence-electron chi connectivity index (χ0n) is 15.5. The van der Waals surface area contributed by atoms with Gasteiger partial charge in [-0.05, 0) is 11.6 Å². The summed E-state index contributed by atoms with van der Waals surface area (Å²) in [4.78, 5) is 40.4. The molecule has 0 aliphatic carbocycles. The van der Waals surface area contributed by atoms with Crippen LogP contribution in [-0.2, 0) is 18.9 Å². The molecule has 0 spiro atoms. The predicted octanol–water partition coefficient (Wildman–Crippen LogP) is -1.06. The molecule has 5 N–H and O–H groups in total. The molecule has 150 valence electrons. The first-order valence-corrected chi connectivity index (χ1v) is 8.16. The Labute approximate surface area is 160 Å². The van der Waals surface area contributed by atoms with Crippen LogP contribution in [0.5, 0.6) is 0 Å². The van der Waals surface area contributed by atoms with Crippen LogP contribution in [0.25, 0.3) is 17.2 Å². The normalized spacial score (nSPS) is 10.2. The van der Waals surface area contributed by atoms with Gasteiger partial charge in [-0.25, -0.2) is 9.78 Å². The van der Waals surface area contributed by atoms with Crippen molar-refractivity contribution in [2.24, 2.45) is 14.1 Å². The molecule has 0 fully saturated rings. The fourth-order valence-corrected chi connectivity index (χ4v) is 2.24. The summed E-state index contributed by atoms with van der Waals surface area (Å²) >= 11 is 0. The van der Waals surface area contributed by atoms with Crippen molar-refractivity contribution in [3.05, 3.63) is 69.1 Å². The third kappa shape index (κ3) is 5.50.